The number of nitrogens with one attached hydrogen (secondary N) is 2. The molecule has 1 saturated heterocycles. The lowest BCUT2D eigenvalue weighted by molar-refractivity contribution is 0.0210. The molecule has 0 bridgehead atoms. The van der Waals surface area contributed by atoms with E-state index in [1.165, 1.54) is 14.2 Å². The number of pyridine rings is 1. The summed E-state index contributed by atoms with van der Waals surface area (Å²) in [6.45, 7) is 1.21. The Morgan fingerprint density at radius 2 is 1.76 bits per heavy atom. The normalized spacial score (nSPS) is 13.8. The zero-order chi connectivity index (χ0) is 20.5. The van der Waals surface area contributed by atoms with Gasteiger partial charge in [0.1, 0.15) is 17.0 Å². The van der Waals surface area contributed by atoms with E-state index < -0.39 is 0 Å². The average molecular weight is 436 g/mol. The van der Waals surface area contributed by atoms with Gasteiger partial charge in [-0.3, -0.25) is 0 Å². The number of nitrogens with zero attached hydrogens (tertiary/aromatic N) is 3. The van der Waals surface area contributed by atoms with Crippen LogP contribution in [0.15, 0.2) is 18.3 Å². The van der Waals surface area contributed by atoms with Crippen molar-refractivity contribution in [1.29, 1.82) is 0 Å². The number of methoxy groups -OCH3 is 2. The van der Waals surface area contributed by atoms with E-state index >= 15 is 0 Å². The summed E-state index contributed by atoms with van der Waals surface area (Å²) in [4.78, 5) is 13.6. The van der Waals surface area contributed by atoms with Crippen LogP contribution in [0, 0.1) is 0 Å². The van der Waals surface area contributed by atoms with Crippen molar-refractivity contribution in [3.8, 4) is 22.8 Å². The number of aromatic nitrogens is 3. The van der Waals surface area contributed by atoms with Gasteiger partial charge in [-0.1, -0.05) is 23.2 Å². The molecular weight excluding hydrogens is 417 g/mol. The van der Waals surface area contributed by atoms with Crippen molar-refractivity contribution in [1.82, 2.24) is 15.0 Å². The molecule has 0 unspecified atom stereocenters. The SMILES string of the molecule is CNc1ncc2cc(-c3c(Cl)c(OC)cc(OC)c3Cl)nc(NC3COC3)c2n1. The molecule has 0 radical (unpaired) electrons. The van der Waals surface area contributed by atoms with Crippen molar-refractivity contribution >= 4 is 45.9 Å². The first-order chi connectivity index (χ1) is 14.0. The Kier molecular flexibility index (Phi) is 5.49. The van der Waals surface area contributed by atoms with Crippen molar-refractivity contribution in [2.24, 2.45) is 0 Å². The molecule has 1 aliphatic heterocycles. The van der Waals surface area contributed by atoms with Crippen LogP contribution < -0.4 is 20.1 Å². The van der Waals surface area contributed by atoms with Crippen molar-refractivity contribution in [2.45, 2.75) is 6.04 Å². The Bertz CT molecular complexity index is 1050. The quantitative estimate of drug-likeness (QED) is 0.602. The first-order valence-electron chi connectivity index (χ1n) is 8.85. The van der Waals surface area contributed by atoms with E-state index in [-0.39, 0.29) is 6.04 Å². The van der Waals surface area contributed by atoms with Gasteiger partial charge in [-0.2, -0.15) is 0 Å². The molecule has 8 nitrogen and oxygen atoms in total. The Hall–Kier alpha value is -2.55. The predicted molar refractivity (Wildman–Crippen MR) is 114 cm³/mol. The van der Waals surface area contributed by atoms with Crippen LogP contribution in [0.5, 0.6) is 11.5 Å². The average Bonchev–Trinajstić information content (AvgIpc) is 2.70. The molecule has 3 aromatic rings. The first kappa shape index (κ1) is 19.8. The Balaban J connectivity index is 1.95. The number of benzene rings is 1. The van der Waals surface area contributed by atoms with E-state index in [0.717, 1.165) is 5.39 Å². The molecule has 152 valence electrons. The van der Waals surface area contributed by atoms with Crippen molar-refractivity contribution in [3.05, 3.63) is 28.4 Å². The second-order valence-electron chi connectivity index (χ2n) is 6.40. The van der Waals surface area contributed by atoms with Gasteiger partial charge >= 0.3 is 0 Å². The van der Waals surface area contributed by atoms with Crippen LogP contribution in [-0.2, 0) is 4.74 Å². The van der Waals surface area contributed by atoms with Gasteiger partial charge in [0.25, 0.3) is 0 Å². The zero-order valence-corrected chi connectivity index (χ0v) is 17.6. The Morgan fingerprint density at radius 1 is 1.07 bits per heavy atom. The van der Waals surface area contributed by atoms with Gasteiger partial charge in [-0.05, 0) is 6.07 Å². The highest BCUT2D eigenvalue weighted by Crippen LogP contribution is 2.46. The fourth-order valence-electron chi connectivity index (χ4n) is 3.01. The molecule has 10 heteroatoms. The third kappa shape index (κ3) is 3.59. The fourth-order valence-corrected chi connectivity index (χ4v) is 3.71. The maximum atomic E-state index is 6.59. The third-order valence-electron chi connectivity index (χ3n) is 4.60. The summed E-state index contributed by atoms with van der Waals surface area (Å²) in [5.74, 6) is 1.97. The van der Waals surface area contributed by atoms with E-state index in [9.17, 15) is 0 Å². The minimum atomic E-state index is 0.153. The molecule has 1 aliphatic rings. The Labute approximate surface area is 177 Å². The Morgan fingerprint density at radius 3 is 2.31 bits per heavy atom. The van der Waals surface area contributed by atoms with Gasteiger partial charge in [0.05, 0.1) is 49.2 Å². The van der Waals surface area contributed by atoms with Crippen LogP contribution in [0.25, 0.3) is 22.2 Å². The summed E-state index contributed by atoms with van der Waals surface area (Å²) >= 11 is 13.2. The second-order valence-corrected chi connectivity index (χ2v) is 7.16. The second kappa shape index (κ2) is 8.06. The molecule has 2 aromatic heterocycles. The van der Waals surface area contributed by atoms with Gasteiger partial charge < -0.3 is 24.8 Å². The molecule has 2 N–H and O–H groups in total. The maximum absolute atomic E-state index is 6.59. The lowest BCUT2D eigenvalue weighted by Gasteiger charge is -2.28. The number of anilines is 2. The molecule has 1 fully saturated rings. The standard InChI is InChI=1S/C19H19Cl2N5O3/c1-22-19-23-6-9-4-11(25-18(17(9)26-19)24-10-7-29-8-10)14-15(20)12(27-2)5-13(28-3)16(14)21/h4-6,10H,7-8H2,1-3H3,(H,24,25)(H,22,23,26). The number of fused-ring (bicyclic) bond motifs is 1. The summed E-state index contributed by atoms with van der Waals surface area (Å²) in [5.41, 5.74) is 1.74. The van der Waals surface area contributed by atoms with Gasteiger partial charge in [0.15, 0.2) is 5.82 Å². The number of rotatable bonds is 6. The molecule has 0 saturated carbocycles. The summed E-state index contributed by atoms with van der Waals surface area (Å²) in [7, 11) is 4.82. The fraction of sp³-hybridized carbons (Fsp3) is 0.316. The third-order valence-corrected chi connectivity index (χ3v) is 5.35. The lowest BCUT2D eigenvalue weighted by Crippen LogP contribution is -2.40. The van der Waals surface area contributed by atoms with Crippen LogP contribution in [0.3, 0.4) is 0 Å². The van der Waals surface area contributed by atoms with E-state index in [1.807, 2.05) is 6.07 Å². The monoisotopic (exact) mass is 435 g/mol. The zero-order valence-electron chi connectivity index (χ0n) is 16.0. The number of hydrogen-bond acceptors (Lipinski definition) is 8. The molecule has 0 amide bonds. The lowest BCUT2D eigenvalue weighted by atomic mass is 10.1. The maximum Gasteiger partial charge on any atom is 0.223 e. The van der Waals surface area contributed by atoms with Crippen LogP contribution in [0.2, 0.25) is 10.0 Å². The van der Waals surface area contributed by atoms with Crippen molar-refractivity contribution in [2.75, 3.05) is 45.1 Å². The van der Waals surface area contributed by atoms with Crippen molar-refractivity contribution in [3.63, 3.8) is 0 Å². The smallest absolute Gasteiger partial charge is 0.223 e. The van der Waals surface area contributed by atoms with Crippen LogP contribution >= 0.6 is 23.2 Å². The van der Waals surface area contributed by atoms with E-state index in [0.29, 0.717) is 63.3 Å². The molecule has 3 heterocycles. The van der Waals surface area contributed by atoms with Gasteiger partial charge in [0, 0.05) is 30.3 Å². The number of hydrogen-bond donors (Lipinski definition) is 2. The highest BCUT2D eigenvalue weighted by atomic mass is 35.5. The van der Waals surface area contributed by atoms with E-state index in [4.69, 9.17) is 42.4 Å². The summed E-state index contributed by atoms with van der Waals surface area (Å²) in [6.07, 6.45) is 1.72. The van der Waals surface area contributed by atoms with Crippen LogP contribution in [0.4, 0.5) is 11.8 Å². The first-order valence-corrected chi connectivity index (χ1v) is 9.61. The summed E-state index contributed by atoms with van der Waals surface area (Å²) in [6, 6.07) is 3.63. The van der Waals surface area contributed by atoms with Crippen LogP contribution in [-0.4, -0.2) is 55.5 Å². The number of halogens is 2. The van der Waals surface area contributed by atoms with E-state index in [2.05, 4.69) is 20.6 Å². The molecule has 1 aromatic carbocycles. The molecule has 0 atom stereocenters. The predicted octanol–water partition coefficient (Wildman–Crippen LogP) is 3.87. The number of ether oxygens (including phenoxy) is 3. The molecule has 0 aliphatic carbocycles. The minimum absolute atomic E-state index is 0.153. The molecule has 0 spiro atoms. The highest BCUT2D eigenvalue weighted by molar-refractivity contribution is 6.41. The van der Waals surface area contributed by atoms with Gasteiger partial charge in [-0.25, -0.2) is 15.0 Å². The molecule has 4 rings (SSSR count). The van der Waals surface area contributed by atoms with Gasteiger partial charge in [0.2, 0.25) is 5.95 Å². The molecule has 29 heavy (non-hydrogen) atoms. The van der Waals surface area contributed by atoms with E-state index in [1.54, 1.807) is 19.3 Å². The topological polar surface area (TPSA) is 90.4 Å². The largest absolute Gasteiger partial charge is 0.495 e. The summed E-state index contributed by atoms with van der Waals surface area (Å²) < 4.78 is 16.0. The highest BCUT2D eigenvalue weighted by Gasteiger charge is 2.24. The van der Waals surface area contributed by atoms with Crippen LogP contribution in [0.1, 0.15) is 0 Å². The minimum Gasteiger partial charge on any atom is -0.495 e. The van der Waals surface area contributed by atoms with Crippen molar-refractivity contribution < 1.29 is 14.2 Å². The van der Waals surface area contributed by atoms with Gasteiger partial charge in [-0.15, -0.1) is 0 Å². The molecular formula is C19H19Cl2N5O3. The summed E-state index contributed by atoms with van der Waals surface area (Å²) in [5, 5.41) is 7.79.